The van der Waals surface area contributed by atoms with E-state index in [-0.39, 0.29) is 0 Å². The molecule has 0 amide bonds. The number of piperidine rings is 1. The lowest BCUT2D eigenvalue weighted by Crippen LogP contribution is -2.38. The number of rotatable bonds is 6. The zero-order valence-corrected chi connectivity index (χ0v) is 9.82. The Bertz CT molecular complexity index is 235. The molecule has 1 aliphatic carbocycles. The quantitative estimate of drug-likeness (QED) is 0.707. The van der Waals surface area contributed by atoms with E-state index in [9.17, 15) is 4.79 Å². The second kappa shape index (κ2) is 5.64. The van der Waals surface area contributed by atoms with Crippen LogP contribution in [-0.4, -0.2) is 48.2 Å². The van der Waals surface area contributed by atoms with Gasteiger partial charge in [0.05, 0.1) is 6.42 Å². The van der Waals surface area contributed by atoms with Gasteiger partial charge in [0.2, 0.25) is 0 Å². The number of carboxylic acids is 1. The fourth-order valence-electron chi connectivity index (χ4n) is 2.50. The lowest BCUT2D eigenvalue weighted by Gasteiger charge is -2.29. The Balaban J connectivity index is 1.75. The van der Waals surface area contributed by atoms with E-state index in [1.165, 1.54) is 25.7 Å². The summed E-state index contributed by atoms with van der Waals surface area (Å²) in [7, 11) is 0. The first kappa shape index (κ1) is 11.9. The smallest absolute Gasteiger partial charge is 0.304 e. The van der Waals surface area contributed by atoms with Crippen molar-refractivity contribution in [3.8, 4) is 0 Å². The average molecular weight is 226 g/mol. The third-order valence-corrected chi connectivity index (χ3v) is 3.63. The molecule has 2 rings (SSSR count). The van der Waals surface area contributed by atoms with E-state index in [2.05, 4.69) is 10.2 Å². The lowest BCUT2D eigenvalue weighted by molar-refractivity contribution is -0.137. The molecule has 0 aromatic heterocycles. The first-order valence-corrected chi connectivity index (χ1v) is 6.42. The average Bonchev–Trinajstić information content (AvgIpc) is 3.09. The second-order valence-corrected chi connectivity index (χ2v) is 5.06. The Kier molecular flexibility index (Phi) is 4.18. The summed E-state index contributed by atoms with van der Waals surface area (Å²) >= 11 is 0. The summed E-state index contributed by atoms with van der Waals surface area (Å²) in [5.41, 5.74) is 0. The molecule has 1 saturated carbocycles. The van der Waals surface area contributed by atoms with Crippen molar-refractivity contribution in [3.05, 3.63) is 0 Å². The topological polar surface area (TPSA) is 52.6 Å². The van der Waals surface area contributed by atoms with Gasteiger partial charge in [0.1, 0.15) is 0 Å². The fraction of sp³-hybridized carbons (Fsp3) is 0.917. The number of nitrogens with one attached hydrogen (secondary N) is 1. The van der Waals surface area contributed by atoms with Gasteiger partial charge in [-0.15, -0.1) is 0 Å². The van der Waals surface area contributed by atoms with Crippen molar-refractivity contribution in [2.75, 3.05) is 26.2 Å². The van der Waals surface area contributed by atoms with Crippen molar-refractivity contribution in [2.24, 2.45) is 5.92 Å². The molecule has 0 unspecified atom stereocenters. The molecule has 0 atom stereocenters. The molecule has 1 heterocycles. The first-order valence-electron chi connectivity index (χ1n) is 6.42. The molecule has 0 aromatic carbocycles. The standard InChI is InChI=1S/C12H22N2O2/c15-12(16)5-8-14(11-1-2-11)9-10-3-6-13-7-4-10/h10-11,13H,1-9H2,(H,15,16). The van der Waals surface area contributed by atoms with Crippen LogP contribution < -0.4 is 5.32 Å². The van der Waals surface area contributed by atoms with Gasteiger partial charge >= 0.3 is 5.97 Å². The van der Waals surface area contributed by atoms with E-state index >= 15 is 0 Å². The highest BCUT2D eigenvalue weighted by Crippen LogP contribution is 2.28. The lowest BCUT2D eigenvalue weighted by atomic mass is 9.97. The molecule has 2 fully saturated rings. The van der Waals surface area contributed by atoms with E-state index < -0.39 is 5.97 Å². The molecule has 92 valence electrons. The van der Waals surface area contributed by atoms with Crippen LogP contribution in [0.25, 0.3) is 0 Å². The van der Waals surface area contributed by atoms with Gasteiger partial charge in [0, 0.05) is 19.1 Å². The Morgan fingerprint density at radius 3 is 2.50 bits per heavy atom. The molecule has 0 aromatic rings. The van der Waals surface area contributed by atoms with Crippen LogP contribution >= 0.6 is 0 Å². The number of nitrogens with zero attached hydrogens (tertiary/aromatic N) is 1. The molecule has 0 radical (unpaired) electrons. The maximum Gasteiger partial charge on any atom is 0.304 e. The molecule has 1 saturated heterocycles. The maximum absolute atomic E-state index is 10.6. The second-order valence-electron chi connectivity index (χ2n) is 5.06. The van der Waals surface area contributed by atoms with E-state index in [0.29, 0.717) is 12.5 Å². The molecule has 4 nitrogen and oxygen atoms in total. The number of hydrogen-bond acceptors (Lipinski definition) is 3. The summed E-state index contributed by atoms with van der Waals surface area (Å²) < 4.78 is 0. The van der Waals surface area contributed by atoms with Crippen LogP contribution in [0.15, 0.2) is 0 Å². The molecular weight excluding hydrogens is 204 g/mol. The van der Waals surface area contributed by atoms with Gasteiger partial charge in [-0.2, -0.15) is 0 Å². The summed E-state index contributed by atoms with van der Waals surface area (Å²) in [6, 6.07) is 0.689. The van der Waals surface area contributed by atoms with Gasteiger partial charge in [-0.1, -0.05) is 0 Å². The molecule has 16 heavy (non-hydrogen) atoms. The van der Waals surface area contributed by atoms with E-state index in [4.69, 9.17) is 5.11 Å². The normalized spacial score (nSPS) is 22.6. The third kappa shape index (κ3) is 3.76. The van der Waals surface area contributed by atoms with Crippen LogP contribution in [0.3, 0.4) is 0 Å². The van der Waals surface area contributed by atoms with Gasteiger partial charge in [-0.25, -0.2) is 0 Å². The monoisotopic (exact) mass is 226 g/mol. The van der Waals surface area contributed by atoms with Crippen LogP contribution in [0.1, 0.15) is 32.1 Å². The van der Waals surface area contributed by atoms with E-state index in [0.717, 1.165) is 32.1 Å². The van der Waals surface area contributed by atoms with Gasteiger partial charge < -0.3 is 10.4 Å². The van der Waals surface area contributed by atoms with Crippen molar-refractivity contribution < 1.29 is 9.90 Å². The van der Waals surface area contributed by atoms with Crippen molar-refractivity contribution in [1.29, 1.82) is 0 Å². The van der Waals surface area contributed by atoms with Crippen LogP contribution in [0.4, 0.5) is 0 Å². The van der Waals surface area contributed by atoms with Crippen LogP contribution in [0, 0.1) is 5.92 Å². The Morgan fingerprint density at radius 1 is 1.25 bits per heavy atom. The molecule has 0 spiro atoms. The molecule has 2 aliphatic rings. The van der Waals surface area contributed by atoms with Gasteiger partial charge in [-0.3, -0.25) is 9.69 Å². The van der Waals surface area contributed by atoms with E-state index in [1.54, 1.807) is 0 Å². The summed E-state index contributed by atoms with van der Waals surface area (Å²) in [5, 5.41) is 12.1. The van der Waals surface area contributed by atoms with Crippen LogP contribution in [-0.2, 0) is 4.79 Å². The van der Waals surface area contributed by atoms with Gasteiger partial charge in [0.25, 0.3) is 0 Å². The zero-order chi connectivity index (χ0) is 11.4. The van der Waals surface area contributed by atoms with Gasteiger partial charge in [0.15, 0.2) is 0 Å². The molecular formula is C12H22N2O2. The number of aliphatic carboxylic acids is 1. The first-order chi connectivity index (χ1) is 7.75. The van der Waals surface area contributed by atoms with Gasteiger partial charge in [-0.05, 0) is 44.7 Å². The van der Waals surface area contributed by atoms with Crippen molar-refractivity contribution in [2.45, 2.75) is 38.1 Å². The molecule has 2 N–H and O–H groups in total. The Morgan fingerprint density at radius 2 is 1.94 bits per heavy atom. The highest BCUT2D eigenvalue weighted by Gasteiger charge is 2.30. The Hall–Kier alpha value is -0.610. The summed E-state index contributed by atoms with van der Waals surface area (Å²) in [4.78, 5) is 13.0. The molecule has 0 bridgehead atoms. The van der Waals surface area contributed by atoms with E-state index in [1.807, 2.05) is 0 Å². The minimum Gasteiger partial charge on any atom is -0.481 e. The third-order valence-electron chi connectivity index (χ3n) is 3.63. The number of carboxylic acid groups (broad SMARTS) is 1. The summed E-state index contributed by atoms with van der Waals surface area (Å²) in [5.74, 6) is 0.103. The highest BCUT2D eigenvalue weighted by atomic mass is 16.4. The summed E-state index contributed by atoms with van der Waals surface area (Å²) in [6.07, 6.45) is 5.32. The number of carbonyl (C=O) groups is 1. The predicted molar refractivity (Wildman–Crippen MR) is 62.4 cm³/mol. The zero-order valence-electron chi connectivity index (χ0n) is 9.82. The fourth-order valence-corrected chi connectivity index (χ4v) is 2.50. The Labute approximate surface area is 97.0 Å². The summed E-state index contributed by atoms with van der Waals surface area (Å²) in [6.45, 7) is 4.10. The predicted octanol–water partition coefficient (Wildman–Crippen LogP) is 0.925. The van der Waals surface area contributed by atoms with Crippen molar-refractivity contribution in [3.63, 3.8) is 0 Å². The van der Waals surface area contributed by atoms with Crippen LogP contribution in [0.5, 0.6) is 0 Å². The maximum atomic E-state index is 10.6. The SMILES string of the molecule is O=C(O)CCN(CC1CCNCC1)C1CC1. The molecule has 1 aliphatic heterocycles. The largest absolute Gasteiger partial charge is 0.481 e. The minimum absolute atomic E-state index is 0.293. The van der Waals surface area contributed by atoms with Crippen molar-refractivity contribution >= 4 is 5.97 Å². The highest BCUT2D eigenvalue weighted by molar-refractivity contribution is 5.66. The number of hydrogen-bond donors (Lipinski definition) is 2. The van der Waals surface area contributed by atoms with Crippen molar-refractivity contribution in [1.82, 2.24) is 10.2 Å². The van der Waals surface area contributed by atoms with Crippen LogP contribution in [0.2, 0.25) is 0 Å². The molecule has 4 heteroatoms. The minimum atomic E-state index is -0.670.